The second-order valence-corrected chi connectivity index (χ2v) is 2.58. The molecule has 1 saturated heterocycles. The van der Waals surface area contributed by atoms with Gasteiger partial charge in [0.25, 0.3) is 0 Å². The van der Waals surface area contributed by atoms with E-state index in [0.717, 1.165) is 0 Å². The van der Waals surface area contributed by atoms with Gasteiger partial charge in [0.15, 0.2) is 0 Å². The summed E-state index contributed by atoms with van der Waals surface area (Å²) in [6.07, 6.45) is -4.24. The second kappa shape index (κ2) is 2.71. The summed E-state index contributed by atoms with van der Waals surface area (Å²) in [5.74, 6) is -1.63. The molecule has 5 heteroatoms. The van der Waals surface area contributed by atoms with E-state index in [2.05, 4.69) is 5.32 Å². The van der Waals surface area contributed by atoms with E-state index < -0.39 is 12.1 Å². The van der Waals surface area contributed by atoms with Crippen LogP contribution in [0.25, 0.3) is 0 Å². The van der Waals surface area contributed by atoms with Crippen LogP contribution in [0.2, 0.25) is 0 Å². The van der Waals surface area contributed by atoms with Crippen LogP contribution in [0.3, 0.4) is 0 Å². The third kappa shape index (κ3) is 2.10. The molecule has 0 aromatic heterocycles. The molecule has 0 spiro atoms. The van der Waals surface area contributed by atoms with Crippen LogP contribution < -0.4 is 5.32 Å². The maximum Gasteiger partial charge on any atom is 0.393 e. The number of halogens is 3. The second-order valence-electron chi connectivity index (χ2n) is 2.58. The molecule has 2 nitrogen and oxygen atoms in total. The lowest BCUT2D eigenvalue weighted by atomic mass is 9.99. The molecular weight excluding hydrogens is 159 g/mol. The van der Waals surface area contributed by atoms with E-state index in [1.54, 1.807) is 0 Å². The quantitative estimate of drug-likeness (QED) is 0.574. The first kappa shape index (κ1) is 8.36. The summed E-state index contributed by atoms with van der Waals surface area (Å²) in [6.45, 7) is -0.262. The fourth-order valence-corrected chi connectivity index (χ4v) is 1.01. The molecule has 1 aliphatic heterocycles. The summed E-state index contributed by atoms with van der Waals surface area (Å²) in [5.41, 5.74) is 0. The lowest BCUT2D eigenvalue weighted by Gasteiger charge is -2.24. The van der Waals surface area contributed by atoms with Crippen molar-refractivity contribution < 1.29 is 18.0 Å². The lowest BCUT2D eigenvalue weighted by molar-refractivity contribution is -0.179. The van der Waals surface area contributed by atoms with Crippen LogP contribution in [-0.4, -0.2) is 18.6 Å². The van der Waals surface area contributed by atoms with Crippen molar-refractivity contribution in [3.8, 4) is 0 Å². The molecule has 0 bridgehead atoms. The number of amides is 1. The van der Waals surface area contributed by atoms with E-state index in [-0.39, 0.29) is 25.3 Å². The van der Waals surface area contributed by atoms with Crippen molar-refractivity contribution in [3.63, 3.8) is 0 Å². The van der Waals surface area contributed by atoms with Crippen LogP contribution in [0.5, 0.6) is 0 Å². The fourth-order valence-electron chi connectivity index (χ4n) is 1.01. The normalized spacial score (nSPS) is 26.5. The highest BCUT2D eigenvalue weighted by molar-refractivity contribution is 5.76. The van der Waals surface area contributed by atoms with Crippen molar-refractivity contribution in [1.82, 2.24) is 5.32 Å². The van der Waals surface area contributed by atoms with Gasteiger partial charge in [0.1, 0.15) is 0 Å². The molecule has 1 rings (SSSR count). The Labute approximate surface area is 61.8 Å². The van der Waals surface area contributed by atoms with Crippen LogP contribution in [0.4, 0.5) is 13.2 Å². The van der Waals surface area contributed by atoms with E-state index in [1.807, 2.05) is 0 Å². The average molecular weight is 167 g/mol. The molecule has 1 fully saturated rings. The van der Waals surface area contributed by atoms with Gasteiger partial charge >= 0.3 is 6.18 Å². The largest absolute Gasteiger partial charge is 0.393 e. The molecule has 0 saturated carbocycles. The molecule has 1 amide bonds. The fraction of sp³-hybridized carbons (Fsp3) is 0.833. The van der Waals surface area contributed by atoms with Gasteiger partial charge in [-0.1, -0.05) is 0 Å². The highest BCUT2D eigenvalue weighted by Crippen LogP contribution is 2.30. The van der Waals surface area contributed by atoms with E-state index in [4.69, 9.17) is 0 Å². The molecule has 0 aromatic carbocycles. The van der Waals surface area contributed by atoms with Crippen molar-refractivity contribution in [3.05, 3.63) is 0 Å². The molecule has 11 heavy (non-hydrogen) atoms. The number of rotatable bonds is 0. The third-order valence-corrected chi connectivity index (χ3v) is 1.73. The monoisotopic (exact) mass is 167 g/mol. The number of carbonyl (C=O) groups is 1. The minimum Gasteiger partial charge on any atom is -0.355 e. The third-order valence-electron chi connectivity index (χ3n) is 1.73. The summed E-state index contributed by atoms with van der Waals surface area (Å²) < 4.78 is 35.8. The number of hydrogen-bond donors (Lipinski definition) is 1. The molecule has 64 valence electrons. The zero-order valence-electron chi connectivity index (χ0n) is 5.74. The van der Waals surface area contributed by atoms with Gasteiger partial charge in [0, 0.05) is 13.0 Å². The van der Waals surface area contributed by atoms with Crippen LogP contribution in [0.15, 0.2) is 0 Å². The van der Waals surface area contributed by atoms with Gasteiger partial charge in [0.05, 0.1) is 5.92 Å². The van der Waals surface area contributed by atoms with Gasteiger partial charge in [-0.05, 0) is 6.42 Å². The zero-order chi connectivity index (χ0) is 8.48. The Balaban J connectivity index is 2.45. The maximum atomic E-state index is 11.9. The van der Waals surface area contributed by atoms with Crippen molar-refractivity contribution in [2.45, 2.75) is 19.0 Å². The van der Waals surface area contributed by atoms with Crippen LogP contribution in [0.1, 0.15) is 12.8 Å². The Kier molecular flexibility index (Phi) is 2.06. The standard InChI is InChI=1S/C6H8F3NO/c7-6(8,9)4-1-2-5(11)10-3-4/h4H,1-3H2,(H,10,11)/t4-/m0/s1. The van der Waals surface area contributed by atoms with Crippen molar-refractivity contribution in [1.29, 1.82) is 0 Å². The Morgan fingerprint density at radius 3 is 2.45 bits per heavy atom. The molecule has 1 atom stereocenters. The number of nitrogens with one attached hydrogen (secondary N) is 1. The topological polar surface area (TPSA) is 29.1 Å². The molecule has 1 heterocycles. The van der Waals surface area contributed by atoms with Gasteiger partial charge in [-0.3, -0.25) is 4.79 Å². The molecule has 0 radical (unpaired) electrons. The first-order valence-electron chi connectivity index (χ1n) is 3.33. The maximum absolute atomic E-state index is 11.9. The van der Waals surface area contributed by atoms with E-state index in [1.165, 1.54) is 0 Å². The first-order chi connectivity index (χ1) is 5.00. The molecule has 1 N–H and O–H groups in total. The summed E-state index contributed by atoms with van der Waals surface area (Å²) in [4.78, 5) is 10.5. The van der Waals surface area contributed by atoms with Gasteiger partial charge in [0.2, 0.25) is 5.91 Å². The highest BCUT2D eigenvalue weighted by Gasteiger charge is 2.41. The number of piperidine rings is 1. The van der Waals surface area contributed by atoms with Gasteiger partial charge in [-0.2, -0.15) is 13.2 Å². The van der Waals surface area contributed by atoms with Crippen molar-refractivity contribution >= 4 is 5.91 Å². The van der Waals surface area contributed by atoms with Gasteiger partial charge in [-0.25, -0.2) is 0 Å². The molecule has 0 unspecified atom stereocenters. The SMILES string of the molecule is O=C1CC[C@H](C(F)(F)F)CN1. The number of carbonyl (C=O) groups excluding carboxylic acids is 1. The summed E-state index contributed by atoms with van der Waals surface area (Å²) in [6, 6.07) is 0. The predicted octanol–water partition coefficient (Wildman–Crippen LogP) is 1.07. The number of hydrogen-bond acceptors (Lipinski definition) is 1. The minimum absolute atomic E-state index is 0.00975. The smallest absolute Gasteiger partial charge is 0.355 e. The van der Waals surface area contributed by atoms with Crippen LogP contribution >= 0.6 is 0 Å². The summed E-state index contributed by atoms with van der Waals surface area (Å²) >= 11 is 0. The summed E-state index contributed by atoms with van der Waals surface area (Å²) in [5, 5.41) is 2.18. The van der Waals surface area contributed by atoms with Crippen LogP contribution in [0, 0.1) is 5.92 Å². The Morgan fingerprint density at radius 2 is 2.09 bits per heavy atom. The molecule has 0 aliphatic carbocycles. The van der Waals surface area contributed by atoms with Gasteiger partial charge in [-0.15, -0.1) is 0 Å². The Hall–Kier alpha value is -0.740. The van der Waals surface area contributed by atoms with Crippen LogP contribution in [-0.2, 0) is 4.79 Å². The molecule has 1 aliphatic rings. The zero-order valence-corrected chi connectivity index (χ0v) is 5.74. The molecule has 0 aromatic rings. The molecular formula is C6H8F3NO. The Bertz CT molecular complexity index is 156. The Morgan fingerprint density at radius 1 is 1.45 bits per heavy atom. The van der Waals surface area contributed by atoms with Crippen molar-refractivity contribution in [2.75, 3.05) is 6.54 Å². The van der Waals surface area contributed by atoms with Crippen molar-refractivity contribution in [2.24, 2.45) is 5.92 Å². The minimum atomic E-state index is -4.16. The van der Waals surface area contributed by atoms with E-state index in [9.17, 15) is 18.0 Å². The highest BCUT2D eigenvalue weighted by atomic mass is 19.4. The first-order valence-corrected chi connectivity index (χ1v) is 3.33. The number of alkyl halides is 3. The average Bonchev–Trinajstić information content (AvgIpc) is 1.86. The van der Waals surface area contributed by atoms with E-state index >= 15 is 0 Å². The lowest BCUT2D eigenvalue weighted by Crippen LogP contribution is -2.41. The van der Waals surface area contributed by atoms with E-state index in [0.29, 0.717) is 0 Å². The summed E-state index contributed by atoms with van der Waals surface area (Å²) in [7, 11) is 0. The van der Waals surface area contributed by atoms with Gasteiger partial charge < -0.3 is 5.32 Å². The predicted molar refractivity (Wildman–Crippen MR) is 31.8 cm³/mol.